The number of nitrogens with one attached hydrogen (secondary N) is 1. The standard InChI is InChI=1S/C27H35N3O3/c1-20-4-3-13-29(16-20)17-22-7-5-21(6-8-22)15-28-27(32)24-14-26(31)30(19-24)18-23-9-11-25(33-2)12-10-23/h5-12,20,24H,3-4,13-19H2,1-2H3,(H,28,32). The topological polar surface area (TPSA) is 61.9 Å². The van der Waals surface area contributed by atoms with Crippen molar-refractivity contribution >= 4 is 11.8 Å². The molecule has 2 saturated heterocycles. The highest BCUT2D eigenvalue weighted by Gasteiger charge is 2.34. The Balaban J connectivity index is 1.23. The van der Waals surface area contributed by atoms with Crippen molar-refractivity contribution in [3.63, 3.8) is 0 Å². The van der Waals surface area contributed by atoms with Crippen LogP contribution in [0.25, 0.3) is 0 Å². The Bertz CT molecular complexity index is 942. The van der Waals surface area contributed by atoms with Gasteiger partial charge in [0, 0.05) is 39.1 Å². The summed E-state index contributed by atoms with van der Waals surface area (Å²) in [7, 11) is 1.63. The van der Waals surface area contributed by atoms with Crippen LogP contribution < -0.4 is 10.1 Å². The van der Waals surface area contributed by atoms with Crippen LogP contribution in [0, 0.1) is 11.8 Å². The maximum Gasteiger partial charge on any atom is 0.225 e. The summed E-state index contributed by atoms with van der Waals surface area (Å²) in [6.45, 7) is 7.14. The molecule has 0 spiro atoms. The van der Waals surface area contributed by atoms with Gasteiger partial charge in [-0.1, -0.05) is 43.3 Å². The molecule has 176 valence electrons. The van der Waals surface area contributed by atoms with Gasteiger partial charge in [-0.25, -0.2) is 0 Å². The molecule has 0 bridgehead atoms. The molecule has 2 atom stereocenters. The predicted molar refractivity (Wildman–Crippen MR) is 128 cm³/mol. The number of rotatable bonds is 8. The smallest absolute Gasteiger partial charge is 0.225 e. The SMILES string of the molecule is COc1ccc(CN2CC(C(=O)NCc3ccc(CN4CCCC(C)C4)cc3)CC2=O)cc1. The number of ether oxygens (including phenoxy) is 1. The molecular formula is C27H35N3O3. The molecule has 0 aromatic heterocycles. The largest absolute Gasteiger partial charge is 0.497 e. The van der Waals surface area contributed by atoms with Gasteiger partial charge in [-0.2, -0.15) is 0 Å². The van der Waals surface area contributed by atoms with Crippen LogP contribution in [-0.2, 0) is 29.2 Å². The summed E-state index contributed by atoms with van der Waals surface area (Å²) in [4.78, 5) is 29.4. The van der Waals surface area contributed by atoms with Gasteiger partial charge in [-0.15, -0.1) is 0 Å². The van der Waals surface area contributed by atoms with E-state index in [1.54, 1.807) is 12.0 Å². The Morgan fingerprint density at radius 1 is 1.00 bits per heavy atom. The summed E-state index contributed by atoms with van der Waals surface area (Å²) in [5.74, 6) is 1.26. The van der Waals surface area contributed by atoms with E-state index in [-0.39, 0.29) is 24.2 Å². The number of piperidine rings is 1. The van der Waals surface area contributed by atoms with Crippen LogP contribution in [0.5, 0.6) is 5.75 Å². The van der Waals surface area contributed by atoms with E-state index in [1.165, 1.54) is 31.5 Å². The van der Waals surface area contributed by atoms with E-state index in [4.69, 9.17) is 4.74 Å². The van der Waals surface area contributed by atoms with Gasteiger partial charge in [0.1, 0.15) is 5.75 Å². The van der Waals surface area contributed by atoms with Crippen molar-refractivity contribution in [1.29, 1.82) is 0 Å². The number of hydrogen-bond acceptors (Lipinski definition) is 4. The average molecular weight is 450 g/mol. The second-order valence-electron chi connectivity index (χ2n) is 9.54. The van der Waals surface area contributed by atoms with E-state index in [0.29, 0.717) is 19.6 Å². The van der Waals surface area contributed by atoms with Gasteiger partial charge in [0.25, 0.3) is 0 Å². The number of carbonyl (C=O) groups excluding carboxylic acids is 2. The molecule has 0 aliphatic carbocycles. The van der Waals surface area contributed by atoms with E-state index < -0.39 is 0 Å². The Kier molecular flexibility index (Phi) is 7.65. The maximum absolute atomic E-state index is 12.7. The monoisotopic (exact) mass is 449 g/mol. The van der Waals surface area contributed by atoms with Gasteiger partial charge >= 0.3 is 0 Å². The zero-order valence-corrected chi connectivity index (χ0v) is 19.8. The lowest BCUT2D eigenvalue weighted by atomic mass is 9.99. The van der Waals surface area contributed by atoms with Crippen LogP contribution in [0.2, 0.25) is 0 Å². The highest BCUT2D eigenvalue weighted by Crippen LogP contribution is 2.22. The second-order valence-corrected chi connectivity index (χ2v) is 9.54. The van der Waals surface area contributed by atoms with Gasteiger partial charge in [0.2, 0.25) is 11.8 Å². The summed E-state index contributed by atoms with van der Waals surface area (Å²) in [5, 5.41) is 3.02. The first kappa shape index (κ1) is 23.3. The van der Waals surface area contributed by atoms with Crippen molar-refractivity contribution in [3.05, 3.63) is 65.2 Å². The van der Waals surface area contributed by atoms with Gasteiger partial charge in [0.15, 0.2) is 0 Å². The first-order valence-corrected chi connectivity index (χ1v) is 12.0. The number of nitrogens with zero attached hydrogens (tertiary/aromatic N) is 2. The first-order chi connectivity index (χ1) is 16.0. The van der Waals surface area contributed by atoms with Crippen LogP contribution in [0.15, 0.2) is 48.5 Å². The van der Waals surface area contributed by atoms with Crippen LogP contribution >= 0.6 is 0 Å². The van der Waals surface area contributed by atoms with Gasteiger partial charge in [0.05, 0.1) is 13.0 Å². The molecule has 2 aromatic rings. The number of amides is 2. The summed E-state index contributed by atoms with van der Waals surface area (Å²) in [6.07, 6.45) is 2.89. The molecule has 1 N–H and O–H groups in total. The summed E-state index contributed by atoms with van der Waals surface area (Å²) in [6, 6.07) is 16.2. The fourth-order valence-corrected chi connectivity index (χ4v) is 4.84. The Labute approximate surface area is 196 Å². The molecule has 2 amide bonds. The molecule has 0 radical (unpaired) electrons. The second kappa shape index (κ2) is 10.8. The number of hydrogen-bond donors (Lipinski definition) is 1. The van der Waals surface area contributed by atoms with Crippen molar-refractivity contribution in [2.75, 3.05) is 26.7 Å². The fourth-order valence-electron chi connectivity index (χ4n) is 4.84. The molecule has 2 aliphatic heterocycles. The Morgan fingerprint density at radius 3 is 2.36 bits per heavy atom. The normalized spacial score (nSPS) is 21.3. The average Bonchev–Trinajstić information content (AvgIpc) is 3.19. The zero-order valence-electron chi connectivity index (χ0n) is 19.8. The van der Waals surface area contributed by atoms with Crippen LogP contribution in [0.3, 0.4) is 0 Å². The molecule has 2 fully saturated rings. The predicted octanol–water partition coefficient (Wildman–Crippen LogP) is 3.59. The van der Waals surface area contributed by atoms with Crippen molar-refractivity contribution in [3.8, 4) is 5.75 Å². The Morgan fingerprint density at radius 2 is 1.67 bits per heavy atom. The number of carbonyl (C=O) groups is 2. The molecule has 4 rings (SSSR count). The lowest BCUT2D eigenvalue weighted by Gasteiger charge is -2.30. The van der Waals surface area contributed by atoms with Gasteiger partial charge < -0.3 is 15.0 Å². The minimum Gasteiger partial charge on any atom is -0.497 e. The van der Waals surface area contributed by atoms with Crippen molar-refractivity contribution in [1.82, 2.24) is 15.1 Å². The molecule has 2 unspecified atom stereocenters. The van der Waals surface area contributed by atoms with E-state index >= 15 is 0 Å². The number of likely N-dealkylation sites (tertiary alicyclic amines) is 2. The quantitative estimate of drug-likeness (QED) is 0.669. The van der Waals surface area contributed by atoms with E-state index in [9.17, 15) is 9.59 Å². The van der Waals surface area contributed by atoms with Crippen molar-refractivity contribution in [2.24, 2.45) is 11.8 Å². The lowest BCUT2D eigenvalue weighted by Crippen LogP contribution is -2.33. The van der Waals surface area contributed by atoms with Gasteiger partial charge in [-0.05, 0) is 54.1 Å². The molecule has 0 saturated carbocycles. The molecule has 6 heteroatoms. The first-order valence-electron chi connectivity index (χ1n) is 12.0. The summed E-state index contributed by atoms with van der Waals surface area (Å²) >= 11 is 0. The molecular weight excluding hydrogens is 414 g/mol. The van der Waals surface area contributed by atoms with E-state index in [2.05, 4.69) is 41.4 Å². The third kappa shape index (κ3) is 6.35. The zero-order chi connectivity index (χ0) is 23.2. The highest BCUT2D eigenvalue weighted by atomic mass is 16.5. The number of methoxy groups -OCH3 is 1. The van der Waals surface area contributed by atoms with Crippen LogP contribution in [0.4, 0.5) is 0 Å². The number of benzene rings is 2. The minimum atomic E-state index is -0.295. The molecule has 6 nitrogen and oxygen atoms in total. The summed E-state index contributed by atoms with van der Waals surface area (Å²) in [5.41, 5.74) is 3.43. The fraction of sp³-hybridized carbons (Fsp3) is 0.481. The third-order valence-corrected chi connectivity index (χ3v) is 6.75. The molecule has 2 aliphatic rings. The summed E-state index contributed by atoms with van der Waals surface area (Å²) < 4.78 is 5.18. The third-order valence-electron chi connectivity index (χ3n) is 6.75. The van der Waals surface area contributed by atoms with Crippen molar-refractivity contribution < 1.29 is 14.3 Å². The molecule has 2 aromatic carbocycles. The lowest BCUT2D eigenvalue weighted by molar-refractivity contribution is -0.129. The van der Waals surface area contributed by atoms with E-state index in [0.717, 1.165) is 29.3 Å². The van der Waals surface area contributed by atoms with Crippen LogP contribution in [-0.4, -0.2) is 48.4 Å². The molecule has 2 heterocycles. The van der Waals surface area contributed by atoms with Crippen molar-refractivity contribution in [2.45, 2.75) is 45.8 Å². The van der Waals surface area contributed by atoms with Crippen LogP contribution in [0.1, 0.15) is 42.9 Å². The highest BCUT2D eigenvalue weighted by molar-refractivity contribution is 5.89. The van der Waals surface area contributed by atoms with E-state index in [1.807, 2.05) is 24.3 Å². The maximum atomic E-state index is 12.7. The van der Waals surface area contributed by atoms with Gasteiger partial charge in [-0.3, -0.25) is 14.5 Å². The minimum absolute atomic E-state index is 0.0300. The Hall–Kier alpha value is -2.86. The molecule has 33 heavy (non-hydrogen) atoms.